The molecule has 0 saturated carbocycles. The molecule has 0 bridgehead atoms. The third-order valence-electron chi connectivity index (χ3n) is 3.81. The van der Waals surface area contributed by atoms with Crippen LogP contribution in [0.1, 0.15) is 32.3 Å². The largest absolute Gasteiger partial charge is 0.311 e. The van der Waals surface area contributed by atoms with Gasteiger partial charge in [-0.15, -0.1) is 0 Å². The van der Waals surface area contributed by atoms with Gasteiger partial charge in [0, 0.05) is 31.7 Å². The van der Waals surface area contributed by atoms with Crippen LogP contribution in [0.15, 0.2) is 30.3 Å². The Morgan fingerprint density at radius 1 is 1.18 bits per heavy atom. The van der Waals surface area contributed by atoms with Gasteiger partial charge in [0.25, 0.3) is 0 Å². The second-order valence-corrected chi connectivity index (χ2v) is 4.99. The third-order valence-corrected chi connectivity index (χ3v) is 3.81. The Bertz CT molecular complexity index is 323. The van der Waals surface area contributed by atoms with E-state index in [9.17, 15) is 0 Å². The van der Waals surface area contributed by atoms with Crippen LogP contribution < -0.4 is 5.32 Å². The number of hydrogen-bond donors (Lipinski definition) is 1. The van der Waals surface area contributed by atoms with Crippen LogP contribution in [0.2, 0.25) is 0 Å². The summed E-state index contributed by atoms with van der Waals surface area (Å²) in [6.45, 7) is 7.98. The fraction of sp³-hybridized carbons (Fsp3) is 0.600. The second kappa shape index (κ2) is 6.18. The lowest BCUT2D eigenvalue weighted by Crippen LogP contribution is -2.55. The first-order valence-electron chi connectivity index (χ1n) is 6.84. The van der Waals surface area contributed by atoms with Gasteiger partial charge in [-0.25, -0.2) is 0 Å². The third kappa shape index (κ3) is 3.30. The van der Waals surface area contributed by atoms with E-state index in [2.05, 4.69) is 54.4 Å². The number of piperazine rings is 1. The van der Waals surface area contributed by atoms with Gasteiger partial charge in [-0.3, -0.25) is 4.90 Å². The number of nitrogens with zero attached hydrogens (tertiary/aromatic N) is 1. The summed E-state index contributed by atoms with van der Waals surface area (Å²) >= 11 is 0. The molecule has 0 spiro atoms. The Kier molecular flexibility index (Phi) is 4.57. The molecule has 1 aromatic carbocycles. The van der Waals surface area contributed by atoms with Crippen molar-refractivity contribution in [2.75, 3.05) is 13.1 Å². The maximum absolute atomic E-state index is 3.64. The van der Waals surface area contributed by atoms with Gasteiger partial charge in [-0.2, -0.15) is 0 Å². The van der Waals surface area contributed by atoms with Gasteiger partial charge in [0.15, 0.2) is 0 Å². The number of benzene rings is 1. The van der Waals surface area contributed by atoms with Gasteiger partial charge in [-0.05, 0) is 18.4 Å². The minimum Gasteiger partial charge on any atom is -0.311 e. The molecule has 2 rings (SSSR count). The van der Waals surface area contributed by atoms with E-state index >= 15 is 0 Å². The predicted octanol–water partition coefficient (Wildman–Crippen LogP) is 2.65. The molecule has 0 aromatic heterocycles. The highest BCUT2D eigenvalue weighted by Crippen LogP contribution is 2.15. The molecule has 0 amide bonds. The summed E-state index contributed by atoms with van der Waals surface area (Å²) in [5.74, 6) is 0. The van der Waals surface area contributed by atoms with Gasteiger partial charge >= 0.3 is 0 Å². The number of rotatable bonds is 4. The predicted molar refractivity (Wildman–Crippen MR) is 73.0 cm³/mol. The van der Waals surface area contributed by atoms with Crippen molar-refractivity contribution in [2.45, 2.75) is 45.3 Å². The Morgan fingerprint density at radius 3 is 2.59 bits per heavy atom. The van der Waals surface area contributed by atoms with E-state index in [4.69, 9.17) is 0 Å². The average Bonchev–Trinajstić information content (AvgIpc) is 2.40. The van der Waals surface area contributed by atoms with E-state index in [0.717, 1.165) is 13.1 Å². The van der Waals surface area contributed by atoms with Crippen molar-refractivity contribution in [3.8, 4) is 0 Å². The lowest BCUT2D eigenvalue weighted by atomic mass is 10.0. The molecule has 2 atom stereocenters. The van der Waals surface area contributed by atoms with Crippen molar-refractivity contribution in [3.05, 3.63) is 35.9 Å². The molecule has 1 aliphatic heterocycles. The van der Waals surface area contributed by atoms with Gasteiger partial charge in [0.05, 0.1) is 0 Å². The van der Waals surface area contributed by atoms with Crippen LogP contribution in [-0.4, -0.2) is 30.1 Å². The van der Waals surface area contributed by atoms with Crippen LogP contribution in [-0.2, 0) is 6.54 Å². The normalized spacial score (nSPS) is 26.0. The molecule has 2 heteroatoms. The van der Waals surface area contributed by atoms with Crippen LogP contribution in [0.25, 0.3) is 0 Å². The minimum atomic E-state index is 0.668. The first-order valence-corrected chi connectivity index (χ1v) is 6.84. The van der Waals surface area contributed by atoms with Crippen molar-refractivity contribution >= 4 is 0 Å². The summed E-state index contributed by atoms with van der Waals surface area (Å²) in [4.78, 5) is 2.64. The highest BCUT2D eigenvalue weighted by atomic mass is 15.2. The van der Waals surface area contributed by atoms with Crippen LogP contribution in [0.5, 0.6) is 0 Å². The van der Waals surface area contributed by atoms with Crippen molar-refractivity contribution < 1.29 is 0 Å². The summed E-state index contributed by atoms with van der Waals surface area (Å²) in [5, 5.41) is 3.64. The van der Waals surface area contributed by atoms with Crippen LogP contribution in [0, 0.1) is 0 Å². The van der Waals surface area contributed by atoms with E-state index in [1.807, 2.05) is 0 Å². The molecular formula is C15H24N2. The first-order chi connectivity index (χ1) is 8.33. The molecule has 0 aliphatic carbocycles. The van der Waals surface area contributed by atoms with Gasteiger partial charge in [0.1, 0.15) is 0 Å². The Balaban J connectivity index is 2.00. The van der Waals surface area contributed by atoms with Crippen molar-refractivity contribution in [2.24, 2.45) is 0 Å². The van der Waals surface area contributed by atoms with Gasteiger partial charge < -0.3 is 5.32 Å². The monoisotopic (exact) mass is 232 g/mol. The van der Waals surface area contributed by atoms with Gasteiger partial charge in [0.2, 0.25) is 0 Å². The molecular weight excluding hydrogens is 208 g/mol. The molecule has 0 radical (unpaired) electrons. The minimum absolute atomic E-state index is 0.668. The van der Waals surface area contributed by atoms with E-state index < -0.39 is 0 Å². The zero-order valence-corrected chi connectivity index (χ0v) is 11.0. The number of nitrogens with one attached hydrogen (secondary N) is 1. The zero-order valence-electron chi connectivity index (χ0n) is 11.0. The quantitative estimate of drug-likeness (QED) is 0.858. The summed E-state index contributed by atoms with van der Waals surface area (Å²) < 4.78 is 0. The maximum atomic E-state index is 3.64. The molecule has 1 aromatic rings. The van der Waals surface area contributed by atoms with Crippen molar-refractivity contribution in [1.82, 2.24) is 10.2 Å². The smallest absolute Gasteiger partial charge is 0.0237 e. The van der Waals surface area contributed by atoms with E-state index in [1.165, 1.54) is 24.9 Å². The van der Waals surface area contributed by atoms with Crippen LogP contribution in [0.3, 0.4) is 0 Å². The SMILES string of the molecule is CC[C@H]1CN(Cc2ccccc2)[C@@H](CC)CN1. The molecule has 1 N–H and O–H groups in total. The van der Waals surface area contributed by atoms with E-state index in [1.54, 1.807) is 0 Å². The molecule has 1 aliphatic rings. The zero-order chi connectivity index (χ0) is 12.1. The van der Waals surface area contributed by atoms with Crippen molar-refractivity contribution in [3.63, 3.8) is 0 Å². The molecule has 94 valence electrons. The Labute approximate surface area is 105 Å². The first kappa shape index (κ1) is 12.6. The van der Waals surface area contributed by atoms with E-state index in [0.29, 0.717) is 12.1 Å². The van der Waals surface area contributed by atoms with E-state index in [-0.39, 0.29) is 0 Å². The number of hydrogen-bond acceptors (Lipinski definition) is 2. The Hall–Kier alpha value is -0.860. The molecule has 2 nitrogen and oxygen atoms in total. The summed E-state index contributed by atoms with van der Waals surface area (Å²) in [7, 11) is 0. The molecule has 1 heterocycles. The topological polar surface area (TPSA) is 15.3 Å². The summed E-state index contributed by atoms with van der Waals surface area (Å²) in [5.41, 5.74) is 1.43. The lowest BCUT2D eigenvalue weighted by molar-refractivity contribution is 0.117. The van der Waals surface area contributed by atoms with Crippen molar-refractivity contribution in [1.29, 1.82) is 0 Å². The fourth-order valence-corrected chi connectivity index (χ4v) is 2.62. The lowest BCUT2D eigenvalue weighted by Gasteiger charge is -2.40. The molecule has 0 unspecified atom stereocenters. The molecule has 1 fully saturated rings. The summed E-state index contributed by atoms with van der Waals surface area (Å²) in [6.07, 6.45) is 2.46. The average molecular weight is 232 g/mol. The maximum Gasteiger partial charge on any atom is 0.0237 e. The molecule has 1 saturated heterocycles. The van der Waals surface area contributed by atoms with Crippen LogP contribution >= 0.6 is 0 Å². The van der Waals surface area contributed by atoms with Gasteiger partial charge in [-0.1, -0.05) is 44.2 Å². The van der Waals surface area contributed by atoms with Crippen LogP contribution in [0.4, 0.5) is 0 Å². The molecule has 17 heavy (non-hydrogen) atoms. The highest BCUT2D eigenvalue weighted by Gasteiger charge is 2.25. The second-order valence-electron chi connectivity index (χ2n) is 4.99. The fourth-order valence-electron chi connectivity index (χ4n) is 2.62. The highest BCUT2D eigenvalue weighted by molar-refractivity contribution is 5.14. The Morgan fingerprint density at radius 2 is 1.94 bits per heavy atom. The summed E-state index contributed by atoms with van der Waals surface area (Å²) in [6, 6.07) is 12.2. The standard InChI is InChI=1S/C15H24N2/c1-3-14-12-17(15(4-2)10-16-14)11-13-8-6-5-7-9-13/h5-9,14-16H,3-4,10-12H2,1-2H3/t14-,15-/m0/s1.